The molecule has 1 N–H and O–H groups in total. The summed E-state index contributed by atoms with van der Waals surface area (Å²) < 4.78 is 12.1. The topological polar surface area (TPSA) is 73.6 Å². The molecule has 6 nitrogen and oxygen atoms in total. The van der Waals surface area contributed by atoms with E-state index in [1.165, 1.54) is 12.4 Å². The number of nitrogens with zero attached hydrogens (tertiary/aromatic N) is 2. The Morgan fingerprint density at radius 2 is 2.38 bits per heavy atom. The molecule has 2 rings (SSSR count). The van der Waals surface area contributed by atoms with Gasteiger partial charge >= 0.3 is 13.2 Å². The van der Waals surface area contributed by atoms with Crippen molar-refractivity contribution in [2.45, 2.75) is 32.5 Å². The number of carboxylic acid groups (broad SMARTS) is 1. The Labute approximate surface area is 93.3 Å². The molecule has 1 aromatic heterocycles. The first-order valence-corrected chi connectivity index (χ1v) is 5.01. The average molecular weight is 224 g/mol. The molecule has 1 atom stereocenters. The van der Waals surface area contributed by atoms with Crippen molar-refractivity contribution < 1.29 is 19.2 Å². The lowest BCUT2D eigenvalue weighted by Gasteiger charge is -2.21. The van der Waals surface area contributed by atoms with E-state index in [4.69, 9.17) is 14.4 Å². The Balaban J connectivity index is 2.17. The highest BCUT2D eigenvalue weighted by Crippen LogP contribution is 2.26. The summed E-state index contributed by atoms with van der Waals surface area (Å²) in [5.41, 5.74) is 0.232. The van der Waals surface area contributed by atoms with Crippen molar-refractivity contribution in [2.75, 3.05) is 0 Å². The van der Waals surface area contributed by atoms with Gasteiger partial charge in [0, 0.05) is 17.9 Å². The first-order chi connectivity index (χ1) is 7.40. The Morgan fingerprint density at radius 1 is 1.69 bits per heavy atom. The maximum Gasteiger partial charge on any atom is 0.497 e. The van der Waals surface area contributed by atoms with E-state index in [0.29, 0.717) is 5.46 Å². The van der Waals surface area contributed by atoms with Crippen LogP contribution in [0.1, 0.15) is 20.8 Å². The largest absolute Gasteiger partial charge is 0.497 e. The monoisotopic (exact) mass is 224 g/mol. The van der Waals surface area contributed by atoms with Gasteiger partial charge in [-0.2, -0.15) is 9.78 Å². The lowest BCUT2D eigenvalue weighted by molar-refractivity contribution is 0.0842. The third-order valence-electron chi connectivity index (χ3n) is 2.79. The van der Waals surface area contributed by atoms with Crippen molar-refractivity contribution in [3.05, 3.63) is 12.4 Å². The molecule has 0 amide bonds. The second-order valence-electron chi connectivity index (χ2n) is 4.33. The van der Waals surface area contributed by atoms with E-state index in [1.807, 2.05) is 20.8 Å². The molecule has 0 aromatic carbocycles. The molecule has 86 valence electrons. The molecule has 0 saturated carbocycles. The zero-order valence-corrected chi connectivity index (χ0v) is 9.38. The summed E-state index contributed by atoms with van der Waals surface area (Å²) in [5.74, 6) is 0. The van der Waals surface area contributed by atoms with Gasteiger partial charge in [-0.15, -0.1) is 0 Å². The van der Waals surface area contributed by atoms with Gasteiger partial charge in [0.15, 0.2) is 0 Å². The zero-order valence-electron chi connectivity index (χ0n) is 9.38. The van der Waals surface area contributed by atoms with Crippen LogP contribution in [0.25, 0.3) is 0 Å². The highest BCUT2D eigenvalue weighted by atomic mass is 16.7. The number of aromatic nitrogens is 2. The molecule has 1 aromatic rings. The molecular formula is C9H13BN2O4. The first kappa shape index (κ1) is 11.2. The molecule has 16 heavy (non-hydrogen) atoms. The highest BCUT2D eigenvalue weighted by Gasteiger charge is 2.44. The Bertz CT molecular complexity index is 417. The minimum absolute atomic E-state index is 0.0503. The fourth-order valence-corrected chi connectivity index (χ4v) is 1.46. The van der Waals surface area contributed by atoms with Crippen molar-refractivity contribution in [1.29, 1.82) is 0 Å². The summed E-state index contributed by atoms with van der Waals surface area (Å²) in [6.07, 6.45) is 1.65. The van der Waals surface area contributed by atoms with Gasteiger partial charge in [0.2, 0.25) is 0 Å². The van der Waals surface area contributed by atoms with Crippen LogP contribution < -0.4 is 5.46 Å². The number of hydrogen-bond donors (Lipinski definition) is 1. The van der Waals surface area contributed by atoms with Crippen LogP contribution >= 0.6 is 0 Å². The van der Waals surface area contributed by atoms with Crippen LogP contribution in [-0.2, 0) is 9.31 Å². The molecule has 1 aliphatic heterocycles. The zero-order chi connectivity index (χ0) is 11.9. The van der Waals surface area contributed by atoms with Gasteiger partial charge in [-0.25, -0.2) is 4.79 Å². The van der Waals surface area contributed by atoms with Gasteiger partial charge in [0.1, 0.15) is 0 Å². The van der Waals surface area contributed by atoms with E-state index < -0.39 is 13.2 Å². The van der Waals surface area contributed by atoms with Gasteiger partial charge in [0.25, 0.3) is 0 Å². The predicted octanol–water partition coefficient (Wildman–Crippen LogP) is 0.318. The van der Waals surface area contributed by atoms with Gasteiger partial charge in [-0.1, -0.05) is 0 Å². The van der Waals surface area contributed by atoms with Crippen LogP contribution in [-0.4, -0.2) is 39.8 Å². The second-order valence-corrected chi connectivity index (χ2v) is 4.33. The van der Waals surface area contributed by atoms with Crippen molar-refractivity contribution in [2.24, 2.45) is 0 Å². The number of hydrogen-bond acceptors (Lipinski definition) is 4. The summed E-state index contributed by atoms with van der Waals surface area (Å²) in [6.45, 7) is 5.78. The molecule has 1 unspecified atom stereocenters. The van der Waals surface area contributed by atoms with Crippen molar-refractivity contribution >= 4 is 18.7 Å². The second kappa shape index (κ2) is 3.60. The molecule has 0 spiro atoms. The van der Waals surface area contributed by atoms with E-state index in [-0.39, 0.29) is 11.7 Å². The number of carbonyl (C=O) groups is 1. The molecular weight excluding hydrogens is 211 g/mol. The average Bonchev–Trinajstić information content (AvgIpc) is 2.72. The summed E-state index contributed by atoms with van der Waals surface area (Å²) in [5, 5.41) is 12.4. The molecule has 0 radical (unpaired) electrons. The van der Waals surface area contributed by atoms with E-state index in [0.717, 1.165) is 4.68 Å². The van der Waals surface area contributed by atoms with Crippen LogP contribution in [0.4, 0.5) is 4.79 Å². The Kier molecular flexibility index (Phi) is 2.51. The Hall–Kier alpha value is -1.34. The lowest BCUT2D eigenvalue weighted by Crippen LogP contribution is -2.34. The minimum atomic E-state index is -1.13. The predicted molar refractivity (Wildman–Crippen MR) is 56.7 cm³/mol. The summed E-state index contributed by atoms with van der Waals surface area (Å²) in [6, 6.07) is 0. The molecule has 1 aliphatic rings. The van der Waals surface area contributed by atoms with Gasteiger partial charge in [-0.3, -0.25) is 0 Å². The highest BCUT2D eigenvalue weighted by molar-refractivity contribution is 6.61. The third-order valence-corrected chi connectivity index (χ3v) is 2.79. The van der Waals surface area contributed by atoms with E-state index in [1.54, 1.807) is 0 Å². The fourth-order valence-electron chi connectivity index (χ4n) is 1.46. The summed E-state index contributed by atoms with van der Waals surface area (Å²) in [7, 11) is -0.543. The Morgan fingerprint density at radius 3 is 2.81 bits per heavy atom. The smallest absolute Gasteiger partial charge is 0.463 e. The van der Waals surface area contributed by atoms with Crippen LogP contribution in [0.2, 0.25) is 0 Å². The van der Waals surface area contributed by atoms with Crippen molar-refractivity contribution in [1.82, 2.24) is 9.78 Å². The normalized spacial score (nSPS) is 23.7. The molecule has 1 saturated heterocycles. The van der Waals surface area contributed by atoms with Crippen LogP contribution in [0, 0.1) is 0 Å². The lowest BCUT2D eigenvalue weighted by atomic mass is 9.82. The molecule has 0 bridgehead atoms. The molecule has 0 aliphatic carbocycles. The maximum atomic E-state index is 10.6. The first-order valence-electron chi connectivity index (χ1n) is 5.01. The fraction of sp³-hybridized carbons (Fsp3) is 0.556. The standard InChI is InChI=1S/C9H13BN2O4/c1-6-9(2,3)16-10(15-6)7-4-11-12(5-7)8(13)14/h4-6H,1-3H3,(H,13,14). The molecule has 7 heteroatoms. The minimum Gasteiger partial charge on any atom is -0.463 e. The van der Waals surface area contributed by atoms with Gasteiger partial charge < -0.3 is 14.4 Å². The maximum absolute atomic E-state index is 10.6. The van der Waals surface area contributed by atoms with Crippen LogP contribution in [0.3, 0.4) is 0 Å². The van der Waals surface area contributed by atoms with E-state index in [2.05, 4.69) is 5.10 Å². The molecule has 2 heterocycles. The summed E-state index contributed by atoms with van der Waals surface area (Å²) >= 11 is 0. The third kappa shape index (κ3) is 1.83. The van der Waals surface area contributed by atoms with E-state index >= 15 is 0 Å². The SMILES string of the molecule is CC1OB(c2cnn(C(=O)O)c2)OC1(C)C. The van der Waals surface area contributed by atoms with E-state index in [9.17, 15) is 4.79 Å². The van der Waals surface area contributed by atoms with Crippen LogP contribution in [0.5, 0.6) is 0 Å². The van der Waals surface area contributed by atoms with Crippen LogP contribution in [0.15, 0.2) is 12.4 Å². The van der Waals surface area contributed by atoms with Gasteiger partial charge in [0.05, 0.1) is 11.7 Å². The van der Waals surface area contributed by atoms with Gasteiger partial charge in [-0.05, 0) is 20.8 Å². The van der Waals surface area contributed by atoms with Crippen molar-refractivity contribution in [3.63, 3.8) is 0 Å². The van der Waals surface area contributed by atoms with Crippen molar-refractivity contribution in [3.8, 4) is 0 Å². The molecule has 1 fully saturated rings. The quantitative estimate of drug-likeness (QED) is 0.695. The summed E-state index contributed by atoms with van der Waals surface area (Å²) in [4.78, 5) is 10.6. The number of rotatable bonds is 1.